The zero-order valence-corrected chi connectivity index (χ0v) is 16.0. The van der Waals surface area contributed by atoms with Crippen LogP contribution in [0.3, 0.4) is 0 Å². The molecular weight excluding hydrogens is 393 g/mol. The van der Waals surface area contributed by atoms with E-state index in [1.54, 1.807) is 4.90 Å². The molecule has 2 fully saturated rings. The standard InChI is InChI=1S/C18H19F3N4O2S/c1-10-22-23-18(28-10)24-4-2-14(15(21)9-24)17(26)25-16(3-5-27-25)11-6-12(19)8-13(20)7-11/h6-8,14-16H,2-5,9H2,1H3/t14-,15+,16?/m0/s1. The molecule has 0 spiro atoms. The van der Waals surface area contributed by atoms with Crippen LogP contribution in [-0.2, 0) is 9.63 Å². The lowest BCUT2D eigenvalue weighted by molar-refractivity contribution is -0.184. The lowest BCUT2D eigenvalue weighted by Crippen LogP contribution is -2.48. The maximum Gasteiger partial charge on any atom is 0.252 e. The van der Waals surface area contributed by atoms with Crippen molar-refractivity contribution in [3.8, 4) is 0 Å². The summed E-state index contributed by atoms with van der Waals surface area (Å²) < 4.78 is 42.0. The summed E-state index contributed by atoms with van der Waals surface area (Å²) in [6.45, 7) is 2.57. The van der Waals surface area contributed by atoms with E-state index >= 15 is 0 Å². The highest BCUT2D eigenvalue weighted by atomic mass is 32.1. The fraction of sp³-hybridized carbons (Fsp3) is 0.500. The van der Waals surface area contributed by atoms with E-state index in [0.29, 0.717) is 30.1 Å². The predicted octanol–water partition coefficient (Wildman–Crippen LogP) is 3.19. The van der Waals surface area contributed by atoms with Crippen LogP contribution >= 0.6 is 11.3 Å². The summed E-state index contributed by atoms with van der Waals surface area (Å²) in [7, 11) is 0. The Morgan fingerprint density at radius 3 is 2.61 bits per heavy atom. The highest BCUT2D eigenvalue weighted by molar-refractivity contribution is 7.15. The molecule has 0 N–H and O–H groups in total. The van der Waals surface area contributed by atoms with Gasteiger partial charge in [-0.2, -0.15) is 0 Å². The Morgan fingerprint density at radius 2 is 1.96 bits per heavy atom. The SMILES string of the molecule is Cc1nnc(N2CC[C@H](C(=O)N3OCCC3c3cc(F)cc(F)c3)[C@H](F)C2)s1. The van der Waals surface area contributed by atoms with E-state index in [4.69, 9.17) is 4.84 Å². The lowest BCUT2D eigenvalue weighted by atomic mass is 9.93. The van der Waals surface area contributed by atoms with Crippen LogP contribution in [-0.4, -0.2) is 47.0 Å². The van der Waals surface area contributed by atoms with Gasteiger partial charge in [0.05, 0.1) is 25.1 Å². The van der Waals surface area contributed by atoms with Crippen LogP contribution in [0.1, 0.15) is 29.5 Å². The number of nitrogens with zero attached hydrogens (tertiary/aromatic N) is 4. The van der Waals surface area contributed by atoms with Crippen molar-refractivity contribution in [2.24, 2.45) is 5.92 Å². The van der Waals surface area contributed by atoms with Crippen LogP contribution in [0.25, 0.3) is 0 Å². The van der Waals surface area contributed by atoms with Gasteiger partial charge in [0.25, 0.3) is 5.91 Å². The molecule has 1 aromatic carbocycles. The summed E-state index contributed by atoms with van der Waals surface area (Å²) in [6, 6.07) is 2.49. The van der Waals surface area contributed by atoms with Gasteiger partial charge in [0.15, 0.2) is 0 Å². The van der Waals surface area contributed by atoms with Crippen molar-refractivity contribution < 1.29 is 22.8 Å². The number of amides is 1. The minimum atomic E-state index is -1.40. The van der Waals surface area contributed by atoms with E-state index < -0.39 is 35.7 Å². The van der Waals surface area contributed by atoms with Crippen molar-refractivity contribution >= 4 is 22.4 Å². The van der Waals surface area contributed by atoms with Gasteiger partial charge >= 0.3 is 0 Å². The number of halogens is 3. The maximum absolute atomic E-state index is 14.8. The first-order valence-electron chi connectivity index (χ1n) is 9.03. The molecule has 4 rings (SSSR count). The molecule has 1 amide bonds. The molecule has 3 atom stereocenters. The van der Waals surface area contributed by atoms with E-state index in [1.807, 2.05) is 6.92 Å². The Hall–Kier alpha value is -2.20. The van der Waals surface area contributed by atoms with E-state index in [1.165, 1.54) is 23.5 Å². The second-order valence-electron chi connectivity index (χ2n) is 6.97. The third-order valence-corrected chi connectivity index (χ3v) is 5.94. The smallest absolute Gasteiger partial charge is 0.252 e. The topological polar surface area (TPSA) is 58.6 Å². The molecule has 1 unspecified atom stereocenters. The minimum absolute atomic E-state index is 0.0398. The number of hydroxylamine groups is 2. The zero-order valence-electron chi connectivity index (χ0n) is 15.1. The fourth-order valence-corrected chi connectivity index (χ4v) is 4.41. The van der Waals surface area contributed by atoms with E-state index in [0.717, 1.165) is 16.1 Å². The van der Waals surface area contributed by atoms with Crippen LogP contribution in [0.4, 0.5) is 18.3 Å². The third-order valence-electron chi connectivity index (χ3n) is 5.04. The van der Waals surface area contributed by atoms with Gasteiger partial charge in [0.2, 0.25) is 5.13 Å². The zero-order chi connectivity index (χ0) is 19.8. The van der Waals surface area contributed by atoms with Crippen molar-refractivity contribution in [1.29, 1.82) is 0 Å². The van der Waals surface area contributed by atoms with Crippen LogP contribution in [0.15, 0.2) is 18.2 Å². The number of carbonyl (C=O) groups is 1. The average molecular weight is 412 g/mol. The van der Waals surface area contributed by atoms with Gasteiger partial charge in [-0.1, -0.05) is 11.3 Å². The molecule has 2 aromatic rings. The molecule has 2 aliphatic heterocycles. The third kappa shape index (κ3) is 3.70. The minimum Gasteiger partial charge on any atom is -0.344 e. The van der Waals surface area contributed by atoms with Gasteiger partial charge in [-0.05, 0) is 31.0 Å². The summed E-state index contributed by atoms with van der Waals surface area (Å²) in [5.41, 5.74) is 0.306. The molecule has 0 radical (unpaired) electrons. The van der Waals surface area contributed by atoms with Crippen LogP contribution in [0.5, 0.6) is 0 Å². The number of carbonyl (C=O) groups excluding carboxylic acids is 1. The molecule has 28 heavy (non-hydrogen) atoms. The van der Waals surface area contributed by atoms with Crippen molar-refractivity contribution in [1.82, 2.24) is 15.3 Å². The summed E-state index contributed by atoms with van der Waals surface area (Å²) in [5, 5.41) is 10.5. The van der Waals surface area contributed by atoms with Gasteiger partial charge in [-0.15, -0.1) is 10.2 Å². The molecule has 0 aliphatic carbocycles. The second-order valence-corrected chi connectivity index (χ2v) is 8.13. The molecule has 3 heterocycles. The molecular formula is C18H19F3N4O2S. The molecule has 10 heteroatoms. The summed E-state index contributed by atoms with van der Waals surface area (Å²) >= 11 is 1.38. The Bertz CT molecular complexity index is 860. The number of hydrogen-bond acceptors (Lipinski definition) is 6. The van der Waals surface area contributed by atoms with Crippen molar-refractivity contribution in [2.45, 2.75) is 32.0 Å². The predicted molar refractivity (Wildman–Crippen MR) is 96.4 cm³/mol. The monoisotopic (exact) mass is 412 g/mol. The molecule has 1 aromatic heterocycles. The largest absolute Gasteiger partial charge is 0.344 e. The number of aromatic nitrogens is 2. The highest BCUT2D eigenvalue weighted by Crippen LogP contribution is 2.35. The molecule has 0 saturated carbocycles. The molecule has 6 nitrogen and oxygen atoms in total. The van der Waals surface area contributed by atoms with E-state index in [-0.39, 0.29) is 13.2 Å². The number of rotatable bonds is 3. The Balaban J connectivity index is 1.47. The lowest BCUT2D eigenvalue weighted by Gasteiger charge is -2.35. The quantitative estimate of drug-likeness (QED) is 0.775. The van der Waals surface area contributed by atoms with Gasteiger partial charge in [-0.25, -0.2) is 18.2 Å². The van der Waals surface area contributed by atoms with Gasteiger partial charge in [-0.3, -0.25) is 9.63 Å². The van der Waals surface area contributed by atoms with Crippen LogP contribution in [0.2, 0.25) is 0 Å². The van der Waals surface area contributed by atoms with Gasteiger partial charge in [0, 0.05) is 19.0 Å². The Labute approximate surface area is 163 Å². The Kier molecular flexibility index (Phi) is 5.24. The summed E-state index contributed by atoms with van der Waals surface area (Å²) in [6.07, 6.45) is -0.712. The number of hydrogen-bond donors (Lipinski definition) is 0. The normalized spacial score (nSPS) is 25.4. The maximum atomic E-state index is 14.8. The molecule has 2 aliphatic rings. The second kappa shape index (κ2) is 7.67. The van der Waals surface area contributed by atoms with Gasteiger partial charge in [0.1, 0.15) is 22.8 Å². The average Bonchev–Trinajstić information content (AvgIpc) is 3.29. The van der Waals surface area contributed by atoms with Crippen molar-refractivity contribution in [3.63, 3.8) is 0 Å². The first-order chi connectivity index (χ1) is 13.4. The number of aryl methyl sites for hydroxylation is 1. The van der Waals surface area contributed by atoms with Crippen molar-refractivity contribution in [3.05, 3.63) is 40.4 Å². The fourth-order valence-electron chi connectivity index (χ4n) is 3.69. The van der Waals surface area contributed by atoms with Crippen LogP contribution < -0.4 is 4.90 Å². The molecule has 0 bridgehead atoms. The van der Waals surface area contributed by atoms with Crippen molar-refractivity contribution in [2.75, 3.05) is 24.6 Å². The van der Waals surface area contributed by atoms with Crippen LogP contribution in [0, 0.1) is 24.5 Å². The first-order valence-corrected chi connectivity index (χ1v) is 9.85. The summed E-state index contributed by atoms with van der Waals surface area (Å²) in [4.78, 5) is 20.1. The Morgan fingerprint density at radius 1 is 1.21 bits per heavy atom. The van der Waals surface area contributed by atoms with E-state index in [2.05, 4.69) is 10.2 Å². The van der Waals surface area contributed by atoms with Gasteiger partial charge < -0.3 is 4.90 Å². The number of benzene rings is 1. The molecule has 150 valence electrons. The number of anilines is 1. The first kappa shape index (κ1) is 19.1. The molecule has 2 saturated heterocycles. The number of alkyl halides is 1. The van der Waals surface area contributed by atoms with E-state index in [9.17, 15) is 18.0 Å². The summed E-state index contributed by atoms with van der Waals surface area (Å²) in [5.74, 6) is -2.81. The highest BCUT2D eigenvalue weighted by Gasteiger charge is 2.42. The number of piperidine rings is 1.